The van der Waals surface area contributed by atoms with Gasteiger partial charge in [0.15, 0.2) is 0 Å². The summed E-state index contributed by atoms with van der Waals surface area (Å²) in [5.41, 5.74) is 2.33. The highest BCUT2D eigenvalue weighted by atomic mass is 16.4. The summed E-state index contributed by atoms with van der Waals surface area (Å²) in [6, 6.07) is 1.80. The third-order valence-electron chi connectivity index (χ3n) is 4.77. The van der Waals surface area contributed by atoms with Gasteiger partial charge in [0, 0.05) is 25.1 Å². The van der Waals surface area contributed by atoms with E-state index >= 15 is 0 Å². The van der Waals surface area contributed by atoms with Gasteiger partial charge in [0.2, 0.25) is 5.89 Å². The van der Waals surface area contributed by atoms with E-state index in [9.17, 15) is 4.79 Å². The lowest BCUT2D eigenvalue weighted by molar-refractivity contribution is 0.0676. The fourth-order valence-electron chi connectivity index (χ4n) is 3.56. The molecule has 0 atom stereocenters. The molecule has 0 unspecified atom stereocenters. The summed E-state index contributed by atoms with van der Waals surface area (Å²) in [5.74, 6) is 2.10. The molecule has 2 aromatic rings. The van der Waals surface area contributed by atoms with Gasteiger partial charge in [-0.3, -0.25) is 9.69 Å². The second-order valence-corrected chi connectivity index (χ2v) is 6.77. The Bertz CT molecular complexity index is 758. The molecule has 0 radical (unpaired) electrons. The van der Waals surface area contributed by atoms with Crippen LogP contribution in [0.15, 0.2) is 21.5 Å². The Balaban J connectivity index is 1.36. The highest BCUT2D eigenvalue weighted by Crippen LogP contribution is 2.21. The maximum absolute atomic E-state index is 12.2. The van der Waals surface area contributed by atoms with E-state index < -0.39 is 0 Å². The van der Waals surface area contributed by atoms with Gasteiger partial charge in [0.25, 0.3) is 5.56 Å². The summed E-state index contributed by atoms with van der Waals surface area (Å²) in [6.45, 7) is 5.30. The van der Waals surface area contributed by atoms with Gasteiger partial charge in [-0.25, -0.2) is 9.67 Å². The van der Waals surface area contributed by atoms with Gasteiger partial charge < -0.3 is 4.42 Å². The number of likely N-dealkylation sites (tertiary alicyclic amines) is 1. The zero-order valence-corrected chi connectivity index (χ0v) is 13.5. The van der Waals surface area contributed by atoms with Crippen molar-refractivity contribution in [2.75, 3.05) is 13.1 Å². The normalized spacial score (nSPS) is 18.7. The van der Waals surface area contributed by atoms with Crippen LogP contribution in [-0.4, -0.2) is 32.8 Å². The van der Waals surface area contributed by atoms with Crippen LogP contribution in [0.4, 0.5) is 0 Å². The van der Waals surface area contributed by atoms with E-state index in [2.05, 4.69) is 15.0 Å². The molecule has 0 bridgehead atoms. The summed E-state index contributed by atoms with van der Waals surface area (Å²) in [4.78, 5) is 18.7. The molecule has 0 spiro atoms. The molecule has 0 amide bonds. The van der Waals surface area contributed by atoms with Gasteiger partial charge in [-0.2, -0.15) is 5.10 Å². The maximum Gasteiger partial charge on any atom is 0.267 e. The maximum atomic E-state index is 12.2. The molecule has 0 N–H and O–H groups in total. The zero-order chi connectivity index (χ0) is 15.8. The number of oxazole rings is 1. The van der Waals surface area contributed by atoms with Gasteiger partial charge in [-0.15, -0.1) is 0 Å². The third-order valence-corrected chi connectivity index (χ3v) is 4.77. The van der Waals surface area contributed by atoms with Crippen LogP contribution in [0, 0.1) is 12.8 Å². The van der Waals surface area contributed by atoms with Crippen LogP contribution in [0.5, 0.6) is 0 Å². The third kappa shape index (κ3) is 3.08. The number of fused-ring (bicyclic) bond motifs is 1. The van der Waals surface area contributed by atoms with Crippen LogP contribution < -0.4 is 5.56 Å². The van der Waals surface area contributed by atoms with E-state index in [1.807, 2.05) is 6.92 Å². The quantitative estimate of drug-likeness (QED) is 0.857. The first-order chi connectivity index (χ1) is 11.2. The minimum atomic E-state index is 0.0485. The SMILES string of the molecule is Cc1cnc(CN2CC(Cn3nc4c(cc3=O)CCCC4)C2)o1. The summed E-state index contributed by atoms with van der Waals surface area (Å²) in [6.07, 6.45) is 6.13. The van der Waals surface area contributed by atoms with Crippen LogP contribution in [0.25, 0.3) is 0 Å². The van der Waals surface area contributed by atoms with E-state index in [-0.39, 0.29) is 5.56 Å². The first-order valence-electron chi connectivity index (χ1n) is 8.41. The molecular formula is C17H22N4O2. The van der Waals surface area contributed by atoms with Gasteiger partial charge >= 0.3 is 0 Å². The van der Waals surface area contributed by atoms with Crippen LogP contribution >= 0.6 is 0 Å². The van der Waals surface area contributed by atoms with E-state index in [4.69, 9.17) is 4.42 Å². The molecule has 1 saturated heterocycles. The number of nitrogens with zero attached hydrogens (tertiary/aromatic N) is 4. The predicted octanol–water partition coefficient (Wildman–Crippen LogP) is 1.55. The Morgan fingerprint density at radius 2 is 2.13 bits per heavy atom. The molecule has 1 fully saturated rings. The molecule has 6 nitrogen and oxygen atoms in total. The summed E-state index contributed by atoms with van der Waals surface area (Å²) >= 11 is 0. The molecule has 6 heteroatoms. The van der Waals surface area contributed by atoms with Crippen molar-refractivity contribution in [3.05, 3.63) is 45.5 Å². The largest absolute Gasteiger partial charge is 0.445 e. The van der Waals surface area contributed by atoms with Crippen molar-refractivity contribution >= 4 is 0 Å². The topological polar surface area (TPSA) is 64.2 Å². The molecule has 122 valence electrons. The second kappa shape index (κ2) is 5.92. The minimum absolute atomic E-state index is 0.0485. The second-order valence-electron chi connectivity index (χ2n) is 6.77. The van der Waals surface area contributed by atoms with Crippen molar-refractivity contribution in [1.29, 1.82) is 0 Å². The monoisotopic (exact) mass is 314 g/mol. The molecular weight excluding hydrogens is 292 g/mol. The Labute approximate surface area is 135 Å². The van der Waals surface area contributed by atoms with E-state index in [0.29, 0.717) is 12.5 Å². The molecule has 0 saturated carbocycles. The molecule has 4 rings (SSSR count). The lowest BCUT2D eigenvalue weighted by Gasteiger charge is -2.38. The Hall–Kier alpha value is -1.95. The lowest BCUT2D eigenvalue weighted by Crippen LogP contribution is -2.49. The Morgan fingerprint density at radius 3 is 2.91 bits per heavy atom. The van der Waals surface area contributed by atoms with Crippen LogP contribution in [0.1, 0.15) is 35.7 Å². The predicted molar refractivity (Wildman–Crippen MR) is 85.1 cm³/mol. The van der Waals surface area contributed by atoms with Crippen molar-refractivity contribution in [3.63, 3.8) is 0 Å². The molecule has 2 aliphatic rings. The fourth-order valence-corrected chi connectivity index (χ4v) is 3.56. The van der Waals surface area contributed by atoms with Crippen molar-refractivity contribution < 1.29 is 4.42 Å². The summed E-state index contributed by atoms with van der Waals surface area (Å²) < 4.78 is 7.17. The lowest BCUT2D eigenvalue weighted by atomic mass is 9.96. The van der Waals surface area contributed by atoms with Crippen LogP contribution in [-0.2, 0) is 25.9 Å². The van der Waals surface area contributed by atoms with Gasteiger partial charge in [-0.05, 0) is 38.2 Å². The fraction of sp³-hybridized carbons (Fsp3) is 0.588. The molecule has 1 aliphatic carbocycles. The number of rotatable bonds is 4. The van der Waals surface area contributed by atoms with Crippen molar-refractivity contribution in [2.45, 2.75) is 45.7 Å². The first kappa shape index (κ1) is 14.6. The van der Waals surface area contributed by atoms with Crippen LogP contribution in [0.3, 0.4) is 0 Å². The Morgan fingerprint density at radius 1 is 1.30 bits per heavy atom. The molecule has 0 aromatic carbocycles. The van der Waals surface area contributed by atoms with Crippen molar-refractivity contribution in [3.8, 4) is 0 Å². The van der Waals surface area contributed by atoms with Gasteiger partial charge in [-0.1, -0.05) is 0 Å². The molecule has 1 aliphatic heterocycles. The smallest absolute Gasteiger partial charge is 0.267 e. The van der Waals surface area contributed by atoms with E-state index in [1.165, 1.54) is 12.8 Å². The van der Waals surface area contributed by atoms with E-state index in [1.54, 1.807) is 16.9 Å². The number of hydrogen-bond donors (Lipinski definition) is 0. The van der Waals surface area contributed by atoms with Crippen molar-refractivity contribution in [2.24, 2.45) is 5.92 Å². The molecule has 23 heavy (non-hydrogen) atoms. The average molecular weight is 314 g/mol. The van der Waals surface area contributed by atoms with Crippen LogP contribution in [0.2, 0.25) is 0 Å². The highest BCUT2D eigenvalue weighted by molar-refractivity contribution is 5.20. The van der Waals surface area contributed by atoms with Gasteiger partial charge in [0.1, 0.15) is 5.76 Å². The standard InChI is InChI=1S/C17H22N4O2/c1-12-7-18-16(23-12)11-20-8-13(9-20)10-21-17(22)6-14-4-2-3-5-15(14)19-21/h6-7,13H,2-5,8-11H2,1H3. The summed E-state index contributed by atoms with van der Waals surface area (Å²) in [7, 11) is 0. The highest BCUT2D eigenvalue weighted by Gasteiger charge is 2.28. The molecule has 2 aromatic heterocycles. The molecule has 3 heterocycles. The number of hydrogen-bond acceptors (Lipinski definition) is 5. The number of aryl methyl sites for hydroxylation is 3. The van der Waals surface area contributed by atoms with E-state index in [0.717, 1.165) is 55.4 Å². The number of aromatic nitrogens is 3. The van der Waals surface area contributed by atoms with Crippen molar-refractivity contribution in [1.82, 2.24) is 19.7 Å². The zero-order valence-electron chi connectivity index (χ0n) is 13.5. The Kier molecular flexibility index (Phi) is 3.77. The summed E-state index contributed by atoms with van der Waals surface area (Å²) in [5, 5.41) is 4.60. The minimum Gasteiger partial charge on any atom is -0.445 e. The first-order valence-corrected chi connectivity index (χ1v) is 8.41. The van der Waals surface area contributed by atoms with Gasteiger partial charge in [0.05, 0.1) is 25.0 Å². The average Bonchev–Trinajstić information content (AvgIpc) is 2.91.